The van der Waals surface area contributed by atoms with Crippen LogP contribution in [0.15, 0.2) is 24.3 Å². The van der Waals surface area contributed by atoms with E-state index in [0.29, 0.717) is 5.69 Å². The van der Waals surface area contributed by atoms with Gasteiger partial charge >= 0.3 is 5.97 Å². The third kappa shape index (κ3) is 5.53. The zero-order valence-corrected chi connectivity index (χ0v) is 11.8. The maximum atomic E-state index is 11.5. The predicted molar refractivity (Wildman–Crippen MR) is 78.3 cm³/mol. The van der Waals surface area contributed by atoms with E-state index in [1.54, 1.807) is 0 Å². The van der Waals surface area contributed by atoms with Crippen molar-refractivity contribution in [2.24, 2.45) is 0 Å². The van der Waals surface area contributed by atoms with E-state index in [9.17, 15) is 9.59 Å². The second kappa shape index (κ2) is 7.75. The molecule has 0 aliphatic carbocycles. The molecule has 1 saturated heterocycles. The summed E-state index contributed by atoms with van der Waals surface area (Å²) in [7, 11) is 0. The summed E-state index contributed by atoms with van der Waals surface area (Å²) in [4.78, 5) is 21.9. The smallest absolute Gasteiger partial charge is 0.303 e. The van der Waals surface area contributed by atoms with Crippen molar-refractivity contribution in [2.45, 2.75) is 25.4 Å². The van der Waals surface area contributed by atoms with Gasteiger partial charge in [-0.3, -0.25) is 9.59 Å². The average molecular weight is 292 g/mol. The first kappa shape index (κ1) is 15.5. The third-order valence-corrected chi connectivity index (χ3v) is 3.27. The molecule has 6 heteroatoms. The van der Waals surface area contributed by atoms with E-state index < -0.39 is 5.97 Å². The third-order valence-electron chi connectivity index (χ3n) is 3.27. The van der Waals surface area contributed by atoms with Crippen LogP contribution >= 0.6 is 0 Å². The quantitative estimate of drug-likeness (QED) is 0.728. The molecule has 0 spiro atoms. The lowest BCUT2D eigenvalue weighted by Crippen LogP contribution is -2.39. The Balaban J connectivity index is 1.80. The fourth-order valence-corrected chi connectivity index (χ4v) is 2.18. The maximum absolute atomic E-state index is 11.5. The molecular weight excluding hydrogens is 272 g/mol. The van der Waals surface area contributed by atoms with Crippen LogP contribution in [0, 0.1) is 0 Å². The first-order valence-electron chi connectivity index (χ1n) is 7.06. The molecule has 0 saturated carbocycles. The summed E-state index contributed by atoms with van der Waals surface area (Å²) in [6.45, 7) is 2.49. The number of hydrogen-bond donors (Lipinski definition) is 3. The van der Waals surface area contributed by atoms with E-state index in [2.05, 4.69) is 10.6 Å². The number of nitrogens with one attached hydrogen (secondary N) is 2. The molecule has 1 aromatic carbocycles. The Bertz CT molecular complexity index is 481. The molecule has 0 aromatic heterocycles. The van der Waals surface area contributed by atoms with Crippen LogP contribution in [0.1, 0.15) is 18.4 Å². The number of amides is 1. The summed E-state index contributed by atoms with van der Waals surface area (Å²) in [6.07, 6.45) is 0.851. The van der Waals surface area contributed by atoms with E-state index in [4.69, 9.17) is 9.84 Å². The molecule has 1 aromatic rings. The minimum atomic E-state index is -0.971. The molecule has 6 nitrogen and oxygen atoms in total. The number of carbonyl (C=O) groups excluding carboxylic acids is 1. The van der Waals surface area contributed by atoms with Gasteiger partial charge in [0, 0.05) is 25.2 Å². The lowest BCUT2D eigenvalue weighted by Gasteiger charge is -2.23. The minimum absolute atomic E-state index is 0.0152. The number of carboxylic acids is 1. The molecule has 1 aliphatic heterocycles. The molecule has 0 radical (unpaired) electrons. The molecule has 1 amide bonds. The summed E-state index contributed by atoms with van der Waals surface area (Å²) in [5, 5.41) is 14.5. The number of morpholine rings is 1. The normalized spacial score (nSPS) is 18.2. The van der Waals surface area contributed by atoms with Gasteiger partial charge in [-0.25, -0.2) is 0 Å². The van der Waals surface area contributed by atoms with Gasteiger partial charge in [-0.05, 0) is 24.1 Å². The molecular formula is C15H20N2O4. The summed E-state index contributed by atoms with van der Waals surface area (Å²) < 4.78 is 5.64. The Morgan fingerprint density at radius 1 is 1.29 bits per heavy atom. The largest absolute Gasteiger partial charge is 0.481 e. The Hall–Kier alpha value is -1.92. The lowest BCUT2D eigenvalue weighted by molar-refractivity contribution is -0.138. The van der Waals surface area contributed by atoms with Crippen LogP contribution in [0.25, 0.3) is 0 Å². The van der Waals surface area contributed by atoms with E-state index in [1.807, 2.05) is 24.3 Å². The van der Waals surface area contributed by atoms with Crippen molar-refractivity contribution in [3.05, 3.63) is 29.8 Å². The number of benzene rings is 1. The molecule has 1 heterocycles. The van der Waals surface area contributed by atoms with Crippen molar-refractivity contribution in [1.82, 2.24) is 5.32 Å². The number of carbonyl (C=O) groups is 2. The highest BCUT2D eigenvalue weighted by Crippen LogP contribution is 2.13. The summed E-state index contributed by atoms with van der Waals surface area (Å²) >= 11 is 0. The molecule has 114 valence electrons. The van der Waals surface area contributed by atoms with Crippen molar-refractivity contribution in [3.8, 4) is 0 Å². The van der Waals surface area contributed by atoms with Gasteiger partial charge in [0.1, 0.15) is 0 Å². The number of anilines is 1. The lowest BCUT2D eigenvalue weighted by atomic mass is 10.1. The second-order valence-electron chi connectivity index (χ2n) is 5.04. The van der Waals surface area contributed by atoms with Gasteiger partial charge in [0.2, 0.25) is 5.91 Å². The molecule has 1 fully saturated rings. The van der Waals surface area contributed by atoms with Crippen LogP contribution in [0.4, 0.5) is 5.69 Å². The number of hydrogen-bond acceptors (Lipinski definition) is 4. The number of ether oxygens (including phenoxy) is 1. The first-order chi connectivity index (χ1) is 10.1. The number of rotatable bonds is 6. The van der Waals surface area contributed by atoms with Crippen molar-refractivity contribution in [2.75, 3.05) is 25.0 Å². The summed E-state index contributed by atoms with van der Waals surface area (Å²) in [6, 6.07) is 7.55. The second-order valence-corrected chi connectivity index (χ2v) is 5.04. The molecule has 1 aliphatic rings. The molecule has 21 heavy (non-hydrogen) atoms. The van der Waals surface area contributed by atoms with Crippen molar-refractivity contribution >= 4 is 17.6 Å². The topological polar surface area (TPSA) is 87.7 Å². The maximum Gasteiger partial charge on any atom is 0.303 e. The molecule has 2 rings (SSSR count). The predicted octanol–water partition coefficient (Wildman–Crippen LogP) is 1.02. The van der Waals surface area contributed by atoms with E-state index in [1.165, 1.54) is 0 Å². The van der Waals surface area contributed by atoms with Gasteiger partial charge in [-0.1, -0.05) is 12.1 Å². The van der Waals surface area contributed by atoms with Gasteiger partial charge in [-0.2, -0.15) is 0 Å². The van der Waals surface area contributed by atoms with Gasteiger partial charge in [0.15, 0.2) is 0 Å². The Labute approximate surface area is 123 Å². The average Bonchev–Trinajstić information content (AvgIpc) is 2.48. The molecule has 1 unspecified atom stereocenters. The Morgan fingerprint density at radius 3 is 2.67 bits per heavy atom. The monoisotopic (exact) mass is 292 g/mol. The van der Waals surface area contributed by atoms with Crippen molar-refractivity contribution < 1.29 is 19.4 Å². The van der Waals surface area contributed by atoms with Crippen LogP contribution in [0.2, 0.25) is 0 Å². The zero-order valence-electron chi connectivity index (χ0n) is 11.8. The zero-order chi connectivity index (χ0) is 15.1. The highest BCUT2D eigenvalue weighted by molar-refractivity contribution is 5.92. The van der Waals surface area contributed by atoms with Crippen LogP contribution in [-0.4, -0.2) is 42.8 Å². The molecule has 1 atom stereocenters. The van der Waals surface area contributed by atoms with Crippen molar-refractivity contribution in [1.29, 1.82) is 0 Å². The first-order valence-corrected chi connectivity index (χ1v) is 7.06. The van der Waals surface area contributed by atoms with E-state index in [-0.39, 0.29) is 24.9 Å². The molecule has 3 N–H and O–H groups in total. The van der Waals surface area contributed by atoms with E-state index >= 15 is 0 Å². The van der Waals surface area contributed by atoms with Crippen molar-refractivity contribution in [3.63, 3.8) is 0 Å². The fraction of sp³-hybridized carbons (Fsp3) is 0.467. The highest BCUT2D eigenvalue weighted by atomic mass is 16.5. The van der Waals surface area contributed by atoms with Crippen LogP contribution in [0.5, 0.6) is 0 Å². The Morgan fingerprint density at radius 2 is 2.05 bits per heavy atom. The molecule has 0 bridgehead atoms. The van der Waals surface area contributed by atoms with Gasteiger partial charge in [0.25, 0.3) is 0 Å². The van der Waals surface area contributed by atoms with Gasteiger partial charge in [-0.15, -0.1) is 0 Å². The SMILES string of the molecule is O=C(O)CCC(=O)Nc1ccc(CC2CNCCO2)cc1. The fourth-order valence-electron chi connectivity index (χ4n) is 2.18. The number of aliphatic carboxylic acids is 1. The standard InChI is InChI=1S/C15H20N2O4/c18-14(5-6-15(19)20)17-12-3-1-11(2-4-12)9-13-10-16-7-8-21-13/h1-4,13,16H,5-10H2,(H,17,18)(H,19,20). The minimum Gasteiger partial charge on any atom is -0.481 e. The van der Waals surface area contributed by atoms with Gasteiger partial charge < -0.3 is 20.5 Å². The highest BCUT2D eigenvalue weighted by Gasteiger charge is 2.13. The van der Waals surface area contributed by atoms with Crippen LogP contribution in [-0.2, 0) is 20.7 Å². The summed E-state index contributed by atoms with van der Waals surface area (Å²) in [5.74, 6) is -1.26. The Kier molecular flexibility index (Phi) is 5.71. The summed E-state index contributed by atoms with van der Waals surface area (Å²) in [5.41, 5.74) is 1.82. The van der Waals surface area contributed by atoms with Crippen LogP contribution < -0.4 is 10.6 Å². The number of carboxylic acid groups (broad SMARTS) is 1. The van der Waals surface area contributed by atoms with Crippen LogP contribution in [0.3, 0.4) is 0 Å². The van der Waals surface area contributed by atoms with Gasteiger partial charge in [0.05, 0.1) is 19.1 Å². The van der Waals surface area contributed by atoms with E-state index in [0.717, 1.165) is 31.7 Å².